The molecule has 0 saturated heterocycles. The molecule has 0 aromatic carbocycles. The molecule has 91 valence electrons. The van der Waals surface area contributed by atoms with Crippen LogP contribution in [0, 0.1) is 0 Å². The standard InChI is InChI=1S/C10H19OSi2.2ClH.Ti/c1-12(2,3)11-13(4,5)10-8-6-7-9-10;;;/h6,8H,7H2,1-5H3;2*1H;/q;;;+2/p-2. The third-order valence-corrected chi connectivity index (χ3v) is 9.53. The number of halogens is 2. The van der Waals surface area contributed by atoms with Crippen LogP contribution in [-0.2, 0) is 24.6 Å². The van der Waals surface area contributed by atoms with Crippen LogP contribution < -0.4 is 24.8 Å². The van der Waals surface area contributed by atoms with Crippen molar-refractivity contribution in [2.24, 2.45) is 0 Å². The van der Waals surface area contributed by atoms with Crippen molar-refractivity contribution in [1.82, 2.24) is 0 Å². The Hall–Kier alpha value is 1.17. The summed E-state index contributed by atoms with van der Waals surface area (Å²) in [4.78, 5) is 0. The van der Waals surface area contributed by atoms with Crippen molar-refractivity contribution in [1.29, 1.82) is 0 Å². The minimum atomic E-state index is -1.61. The molecule has 0 bridgehead atoms. The van der Waals surface area contributed by atoms with E-state index >= 15 is 0 Å². The summed E-state index contributed by atoms with van der Waals surface area (Å²) >= 11 is 2.23. The van der Waals surface area contributed by atoms with Crippen LogP contribution in [-0.4, -0.2) is 16.6 Å². The third kappa shape index (κ3) is 5.67. The van der Waals surface area contributed by atoms with E-state index in [4.69, 9.17) is 4.12 Å². The van der Waals surface area contributed by atoms with Gasteiger partial charge in [-0.05, 0) is 0 Å². The normalized spacial score (nSPS) is 15.9. The molecule has 0 spiro atoms. The van der Waals surface area contributed by atoms with Crippen LogP contribution in [0.3, 0.4) is 0 Å². The number of hydrogen-bond donors (Lipinski definition) is 0. The largest absolute Gasteiger partial charge is 1.00 e. The number of rotatable bonds is 3. The van der Waals surface area contributed by atoms with Gasteiger partial charge < -0.3 is 24.8 Å². The van der Waals surface area contributed by atoms with Gasteiger partial charge in [0.05, 0.1) is 0 Å². The molecule has 6 heteroatoms. The maximum absolute atomic E-state index is 6.35. The summed E-state index contributed by atoms with van der Waals surface area (Å²) in [6, 6.07) is 0. The molecular weight excluding hydrogens is 311 g/mol. The number of allylic oxidation sites excluding steroid dienone is 4. The Balaban J connectivity index is 0. The van der Waals surface area contributed by atoms with Crippen molar-refractivity contribution in [2.45, 2.75) is 39.2 Å². The maximum atomic E-state index is 6.35. The first kappa shape index (κ1) is 19.5. The molecule has 1 nitrogen and oxygen atoms in total. The summed E-state index contributed by atoms with van der Waals surface area (Å²) < 4.78 is 7.86. The summed E-state index contributed by atoms with van der Waals surface area (Å²) in [5.41, 5.74) is 0. The first-order valence-corrected chi connectivity index (χ1v) is 12.1. The Morgan fingerprint density at radius 2 is 1.62 bits per heavy atom. The van der Waals surface area contributed by atoms with Crippen LogP contribution in [0.15, 0.2) is 21.2 Å². The van der Waals surface area contributed by atoms with E-state index in [1.165, 1.54) is 9.07 Å². The van der Waals surface area contributed by atoms with Gasteiger partial charge in [0, 0.05) is 0 Å². The fraction of sp³-hybridized carbons (Fsp3) is 0.600. The summed E-state index contributed by atoms with van der Waals surface area (Å²) in [5.74, 6) is 0. The molecule has 1 aliphatic rings. The Morgan fingerprint density at radius 3 is 1.94 bits per heavy atom. The van der Waals surface area contributed by atoms with Crippen molar-refractivity contribution in [3.63, 3.8) is 0 Å². The van der Waals surface area contributed by atoms with Crippen LogP contribution in [0.2, 0.25) is 32.7 Å². The predicted octanol–water partition coefficient (Wildman–Crippen LogP) is -2.65. The summed E-state index contributed by atoms with van der Waals surface area (Å²) in [5, 5.41) is 1.51. The van der Waals surface area contributed by atoms with E-state index in [1.807, 2.05) is 0 Å². The predicted molar refractivity (Wildman–Crippen MR) is 62.7 cm³/mol. The molecule has 0 amide bonds. The molecule has 0 N–H and O–H groups in total. The molecule has 0 radical (unpaired) electrons. The molecule has 0 heterocycles. The molecule has 0 fully saturated rings. The second-order valence-electron chi connectivity index (χ2n) is 5.22. The molecule has 0 aromatic heterocycles. The first-order valence-electron chi connectivity index (χ1n) is 5.04. The van der Waals surface area contributed by atoms with Crippen LogP contribution in [0.4, 0.5) is 0 Å². The van der Waals surface area contributed by atoms with Gasteiger partial charge in [-0.2, -0.15) is 0 Å². The van der Waals surface area contributed by atoms with E-state index in [0.717, 1.165) is 6.42 Å². The fourth-order valence-electron chi connectivity index (χ4n) is 1.89. The Bertz CT molecular complexity index is 296. The quantitative estimate of drug-likeness (QED) is 0.514. The van der Waals surface area contributed by atoms with E-state index in [-0.39, 0.29) is 24.8 Å². The summed E-state index contributed by atoms with van der Waals surface area (Å²) in [6.07, 6.45) is 5.66. The second-order valence-corrected chi connectivity index (χ2v) is 14.8. The molecule has 1 rings (SSSR count). The van der Waals surface area contributed by atoms with Crippen molar-refractivity contribution in [3.05, 3.63) is 21.2 Å². The SMILES string of the molecule is C[Si](C)(C)O[Si](C)(C)C1=[C]([Ti+2])CC=C1.[Cl-].[Cl-]. The van der Waals surface area contributed by atoms with Crippen LogP contribution in [0.1, 0.15) is 6.42 Å². The van der Waals surface area contributed by atoms with Gasteiger partial charge in [-0.25, -0.2) is 0 Å². The van der Waals surface area contributed by atoms with Crippen molar-refractivity contribution < 1.29 is 49.4 Å². The van der Waals surface area contributed by atoms with Crippen LogP contribution in [0.5, 0.6) is 0 Å². The molecule has 0 aliphatic heterocycles. The van der Waals surface area contributed by atoms with Gasteiger partial charge in [-0.1, -0.05) is 0 Å². The smallest absolute Gasteiger partial charge is 1.00 e. The Kier molecular flexibility index (Phi) is 8.45. The third-order valence-electron chi connectivity index (χ3n) is 2.14. The monoisotopic (exact) mass is 329 g/mol. The molecule has 0 atom stereocenters. The molecule has 0 saturated carbocycles. The molecule has 16 heavy (non-hydrogen) atoms. The molecule has 0 aromatic rings. The van der Waals surface area contributed by atoms with E-state index in [1.54, 1.807) is 0 Å². The summed E-state index contributed by atoms with van der Waals surface area (Å²) in [7, 11) is -3.01. The zero-order chi connectivity index (χ0) is 11.0. The van der Waals surface area contributed by atoms with Gasteiger partial charge in [0.2, 0.25) is 0 Å². The van der Waals surface area contributed by atoms with E-state index in [9.17, 15) is 0 Å². The minimum Gasteiger partial charge on any atom is -1.00 e. The zero-order valence-corrected chi connectivity index (χ0v) is 15.6. The van der Waals surface area contributed by atoms with Crippen molar-refractivity contribution in [3.8, 4) is 0 Å². The van der Waals surface area contributed by atoms with Crippen LogP contribution in [0.25, 0.3) is 0 Å². The number of hydrogen-bond acceptors (Lipinski definition) is 1. The van der Waals surface area contributed by atoms with Crippen molar-refractivity contribution >= 4 is 16.6 Å². The minimum absolute atomic E-state index is 0. The average Bonchev–Trinajstić information content (AvgIpc) is 2.29. The fourth-order valence-corrected chi connectivity index (χ4v) is 11.5. The van der Waals surface area contributed by atoms with E-state index < -0.39 is 16.6 Å². The van der Waals surface area contributed by atoms with Crippen molar-refractivity contribution in [2.75, 3.05) is 0 Å². The molecular formula is C10H19Cl2OSi2Ti. The molecule has 0 unspecified atom stereocenters. The second kappa shape index (κ2) is 6.93. The van der Waals surface area contributed by atoms with Gasteiger partial charge in [0.25, 0.3) is 0 Å². The average molecular weight is 330 g/mol. The summed E-state index contributed by atoms with van der Waals surface area (Å²) in [6.45, 7) is 11.5. The van der Waals surface area contributed by atoms with Gasteiger partial charge >= 0.3 is 102 Å². The van der Waals surface area contributed by atoms with Gasteiger partial charge in [0.1, 0.15) is 0 Å². The van der Waals surface area contributed by atoms with Gasteiger partial charge in [0.15, 0.2) is 0 Å². The van der Waals surface area contributed by atoms with Crippen LogP contribution >= 0.6 is 0 Å². The molecule has 1 aliphatic carbocycles. The maximum Gasteiger partial charge on any atom is -1.00 e. The topological polar surface area (TPSA) is 9.23 Å². The van der Waals surface area contributed by atoms with E-state index in [2.05, 4.69) is 65.3 Å². The van der Waals surface area contributed by atoms with Gasteiger partial charge in [-0.3, -0.25) is 0 Å². The Morgan fingerprint density at radius 1 is 1.12 bits per heavy atom. The van der Waals surface area contributed by atoms with E-state index in [0.29, 0.717) is 0 Å². The zero-order valence-electron chi connectivity index (χ0n) is 10.5. The van der Waals surface area contributed by atoms with Gasteiger partial charge in [-0.15, -0.1) is 0 Å². The first-order chi connectivity index (χ1) is 6.22. The Labute approximate surface area is 126 Å².